The lowest BCUT2D eigenvalue weighted by Crippen LogP contribution is -2.09. The molecule has 0 unspecified atom stereocenters. The first kappa shape index (κ1) is 14.7. The molecule has 1 aromatic heterocycles. The van der Waals surface area contributed by atoms with Gasteiger partial charge < -0.3 is 4.98 Å². The summed E-state index contributed by atoms with van der Waals surface area (Å²) in [6, 6.07) is 8.24. The average Bonchev–Trinajstić information content (AvgIpc) is 2.72. The maximum absolute atomic E-state index is 12.7. The number of aromatic nitrogens is 1. The van der Waals surface area contributed by atoms with Crippen molar-refractivity contribution >= 4 is 37.5 Å². The molecule has 0 atom stereocenters. The van der Waals surface area contributed by atoms with Gasteiger partial charge in [-0.15, -0.1) is 0 Å². The molecule has 0 fully saturated rings. The number of alkyl halides is 3. The highest BCUT2D eigenvalue weighted by molar-refractivity contribution is 7.92. The van der Waals surface area contributed by atoms with Gasteiger partial charge in [0.25, 0.3) is 0 Å². The van der Waals surface area contributed by atoms with Crippen molar-refractivity contribution < 1.29 is 21.6 Å². The van der Waals surface area contributed by atoms with Crippen molar-refractivity contribution in [2.24, 2.45) is 0 Å². The Hall–Kier alpha value is -2.22. The van der Waals surface area contributed by atoms with Crippen molar-refractivity contribution in [3.63, 3.8) is 0 Å². The Kier molecular flexibility index (Phi) is 3.10. The number of anilines is 1. The largest absolute Gasteiger partial charge is 0.416 e. The fraction of sp³-hybridized carbons (Fsp3) is 0.143. The number of nitrogens with one attached hydrogen (secondary N) is 2. The zero-order valence-electron chi connectivity index (χ0n) is 11.3. The summed E-state index contributed by atoms with van der Waals surface area (Å²) in [7, 11) is -3.41. The number of fused-ring (bicyclic) bond motifs is 3. The first-order valence-electron chi connectivity index (χ1n) is 6.24. The van der Waals surface area contributed by atoms with Gasteiger partial charge >= 0.3 is 6.18 Å². The molecule has 2 N–H and O–H groups in total. The highest BCUT2D eigenvalue weighted by atomic mass is 32.2. The molecule has 0 amide bonds. The number of halogens is 3. The van der Waals surface area contributed by atoms with Crippen molar-refractivity contribution in [1.82, 2.24) is 4.98 Å². The quantitative estimate of drug-likeness (QED) is 0.753. The van der Waals surface area contributed by atoms with Gasteiger partial charge in [-0.25, -0.2) is 8.42 Å². The van der Waals surface area contributed by atoms with E-state index in [1.54, 1.807) is 18.2 Å². The van der Waals surface area contributed by atoms with Crippen LogP contribution in [-0.4, -0.2) is 19.7 Å². The van der Waals surface area contributed by atoms with E-state index in [1.165, 1.54) is 6.07 Å². The predicted molar refractivity (Wildman–Crippen MR) is 79.3 cm³/mol. The van der Waals surface area contributed by atoms with Gasteiger partial charge in [-0.3, -0.25) is 4.72 Å². The van der Waals surface area contributed by atoms with Crippen LogP contribution >= 0.6 is 0 Å². The Morgan fingerprint density at radius 1 is 1.00 bits per heavy atom. The van der Waals surface area contributed by atoms with Gasteiger partial charge in [0.05, 0.1) is 17.5 Å². The number of H-pyrrole nitrogens is 1. The Morgan fingerprint density at radius 2 is 1.59 bits per heavy atom. The van der Waals surface area contributed by atoms with Crippen LogP contribution in [0.2, 0.25) is 0 Å². The van der Waals surface area contributed by atoms with Crippen LogP contribution in [0.5, 0.6) is 0 Å². The zero-order valence-corrected chi connectivity index (χ0v) is 12.1. The lowest BCUT2D eigenvalue weighted by Gasteiger charge is -2.05. The average molecular weight is 328 g/mol. The van der Waals surface area contributed by atoms with E-state index in [-0.39, 0.29) is 0 Å². The third-order valence-corrected chi connectivity index (χ3v) is 3.84. The van der Waals surface area contributed by atoms with E-state index in [0.717, 1.165) is 23.8 Å². The van der Waals surface area contributed by atoms with Gasteiger partial charge in [0.15, 0.2) is 0 Å². The second-order valence-electron chi connectivity index (χ2n) is 5.02. The minimum Gasteiger partial charge on any atom is -0.354 e. The van der Waals surface area contributed by atoms with Crippen molar-refractivity contribution in [2.75, 3.05) is 11.0 Å². The Labute approximate surface area is 124 Å². The summed E-state index contributed by atoms with van der Waals surface area (Å²) in [5.74, 6) is 0. The van der Waals surface area contributed by atoms with Crippen LogP contribution in [0.4, 0.5) is 18.9 Å². The Balaban J connectivity index is 2.16. The van der Waals surface area contributed by atoms with Crippen molar-refractivity contribution in [2.45, 2.75) is 6.18 Å². The Bertz CT molecular complexity index is 975. The van der Waals surface area contributed by atoms with E-state index in [9.17, 15) is 21.6 Å². The van der Waals surface area contributed by atoms with Gasteiger partial charge in [0, 0.05) is 21.8 Å². The molecule has 8 heteroatoms. The SMILES string of the molecule is CS(=O)(=O)Nc1ccc2c(c1)[nH]c1cc(C(F)(F)F)ccc12. The molecule has 0 radical (unpaired) electrons. The summed E-state index contributed by atoms with van der Waals surface area (Å²) in [6.45, 7) is 0. The number of aromatic amines is 1. The van der Waals surface area contributed by atoms with Gasteiger partial charge in [0.2, 0.25) is 10.0 Å². The second-order valence-corrected chi connectivity index (χ2v) is 6.77. The van der Waals surface area contributed by atoms with E-state index in [0.29, 0.717) is 22.1 Å². The summed E-state index contributed by atoms with van der Waals surface area (Å²) in [5, 5.41) is 1.37. The predicted octanol–water partition coefficient (Wildman–Crippen LogP) is 3.71. The van der Waals surface area contributed by atoms with Crippen molar-refractivity contribution in [3.8, 4) is 0 Å². The van der Waals surface area contributed by atoms with Gasteiger partial charge in [0.1, 0.15) is 0 Å². The number of hydrogen-bond donors (Lipinski definition) is 2. The highest BCUT2D eigenvalue weighted by Crippen LogP contribution is 2.34. The van der Waals surface area contributed by atoms with Crippen LogP contribution in [-0.2, 0) is 16.2 Å². The number of hydrogen-bond acceptors (Lipinski definition) is 2. The number of sulfonamides is 1. The standard InChI is InChI=1S/C14H11F3N2O2S/c1-22(20,21)19-9-3-5-11-10-4-2-8(14(15,16)17)6-12(10)18-13(11)7-9/h2-7,18-19H,1H3. The van der Waals surface area contributed by atoms with Gasteiger partial charge in [-0.1, -0.05) is 12.1 Å². The lowest BCUT2D eigenvalue weighted by molar-refractivity contribution is -0.137. The van der Waals surface area contributed by atoms with Crippen LogP contribution in [0.15, 0.2) is 36.4 Å². The smallest absolute Gasteiger partial charge is 0.354 e. The number of rotatable bonds is 2. The van der Waals surface area contributed by atoms with Crippen LogP contribution in [0, 0.1) is 0 Å². The molecular weight excluding hydrogens is 317 g/mol. The molecule has 0 aliphatic rings. The molecule has 0 saturated carbocycles. The molecule has 3 rings (SSSR count). The topological polar surface area (TPSA) is 62.0 Å². The summed E-state index contributed by atoms with van der Waals surface area (Å²) in [5.41, 5.74) is 0.517. The van der Waals surface area contributed by atoms with E-state index >= 15 is 0 Å². The first-order valence-corrected chi connectivity index (χ1v) is 8.13. The van der Waals surface area contributed by atoms with Crippen LogP contribution in [0.25, 0.3) is 21.8 Å². The van der Waals surface area contributed by atoms with E-state index in [1.807, 2.05) is 0 Å². The Morgan fingerprint density at radius 3 is 2.18 bits per heavy atom. The van der Waals surface area contributed by atoms with Crippen LogP contribution < -0.4 is 4.72 Å². The molecule has 22 heavy (non-hydrogen) atoms. The third kappa shape index (κ3) is 2.74. The van der Waals surface area contributed by atoms with Crippen molar-refractivity contribution in [1.29, 1.82) is 0 Å². The molecule has 0 aliphatic carbocycles. The minimum atomic E-state index is -4.41. The van der Waals surface area contributed by atoms with E-state index in [2.05, 4.69) is 9.71 Å². The molecule has 0 aliphatic heterocycles. The first-order chi connectivity index (χ1) is 10.1. The molecular formula is C14H11F3N2O2S. The molecule has 1 heterocycles. The molecule has 116 valence electrons. The van der Waals surface area contributed by atoms with E-state index < -0.39 is 21.8 Å². The summed E-state index contributed by atoms with van der Waals surface area (Å²) < 4.78 is 63.0. The summed E-state index contributed by atoms with van der Waals surface area (Å²) in [4.78, 5) is 2.88. The molecule has 4 nitrogen and oxygen atoms in total. The van der Waals surface area contributed by atoms with Crippen LogP contribution in [0.3, 0.4) is 0 Å². The second kappa shape index (κ2) is 4.64. The zero-order chi connectivity index (χ0) is 16.1. The molecule has 0 spiro atoms. The van der Waals surface area contributed by atoms with Crippen molar-refractivity contribution in [3.05, 3.63) is 42.0 Å². The summed E-state index contributed by atoms with van der Waals surface area (Å²) in [6.07, 6.45) is -3.38. The lowest BCUT2D eigenvalue weighted by atomic mass is 10.1. The summed E-state index contributed by atoms with van der Waals surface area (Å²) >= 11 is 0. The molecule has 3 aromatic rings. The van der Waals surface area contributed by atoms with E-state index in [4.69, 9.17) is 0 Å². The molecule has 2 aromatic carbocycles. The third-order valence-electron chi connectivity index (χ3n) is 3.23. The monoisotopic (exact) mass is 328 g/mol. The maximum atomic E-state index is 12.7. The minimum absolute atomic E-state index is 0.345. The fourth-order valence-corrected chi connectivity index (χ4v) is 2.92. The van der Waals surface area contributed by atoms with Gasteiger partial charge in [-0.05, 0) is 24.3 Å². The highest BCUT2D eigenvalue weighted by Gasteiger charge is 2.30. The number of benzene rings is 2. The molecule has 0 saturated heterocycles. The molecule has 0 bridgehead atoms. The maximum Gasteiger partial charge on any atom is 0.416 e. The van der Waals surface area contributed by atoms with Gasteiger partial charge in [-0.2, -0.15) is 13.2 Å². The van der Waals surface area contributed by atoms with Crippen LogP contribution in [0.1, 0.15) is 5.56 Å². The normalized spacial score (nSPS) is 12.9. The fourth-order valence-electron chi connectivity index (χ4n) is 2.36.